The van der Waals surface area contributed by atoms with E-state index >= 15 is 0 Å². The lowest BCUT2D eigenvalue weighted by atomic mass is 10.2. The first-order chi connectivity index (χ1) is 8.24. The van der Waals surface area contributed by atoms with Crippen LogP contribution in [0, 0.1) is 0 Å². The number of rotatable bonds is 8. The number of hydrogen-bond acceptors (Lipinski definition) is 2. The Hall–Kier alpha value is -0.0900. The van der Waals surface area contributed by atoms with E-state index in [1.165, 1.54) is 18.4 Å². The molecule has 1 N–H and O–H groups in total. The average molecular weight is 321 g/mol. The Morgan fingerprint density at radius 1 is 1.29 bits per heavy atom. The molecule has 0 fully saturated rings. The van der Waals surface area contributed by atoms with Crippen LogP contribution >= 0.6 is 27.5 Å². The quantitative estimate of drug-likeness (QED) is 0.731. The number of nitrogens with one attached hydrogen (secondary N) is 1. The fraction of sp³-hybridized carbons (Fsp3) is 0.538. The zero-order valence-corrected chi connectivity index (χ0v) is 12.5. The van der Waals surface area contributed by atoms with Crippen LogP contribution in [-0.2, 0) is 11.3 Å². The van der Waals surface area contributed by atoms with Crippen LogP contribution < -0.4 is 5.32 Å². The summed E-state index contributed by atoms with van der Waals surface area (Å²) in [5.41, 5.74) is 1.25. The fourth-order valence-electron chi connectivity index (χ4n) is 1.56. The van der Waals surface area contributed by atoms with Gasteiger partial charge in [0.2, 0.25) is 0 Å². The first kappa shape index (κ1) is 15.0. The van der Waals surface area contributed by atoms with Crippen molar-refractivity contribution in [2.75, 3.05) is 20.3 Å². The van der Waals surface area contributed by atoms with Gasteiger partial charge >= 0.3 is 0 Å². The monoisotopic (exact) mass is 319 g/mol. The predicted molar refractivity (Wildman–Crippen MR) is 76.6 cm³/mol. The lowest BCUT2D eigenvalue weighted by Gasteiger charge is -2.06. The molecule has 0 unspecified atom stereocenters. The number of ether oxygens (including phenoxy) is 1. The second-order valence-electron chi connectivity index (χ2n) is 3.98. The second-order valence-corrected chi connectivity index (χ2v) is 5.24. The van der Waals surface area contributed by atoms with Crippen LogP contribution in [0.25, 0.3) is 0 Å². The van der Waals surface area contributed by atoms with Gasteiger partial charge in [-0.25, -0.2) is 0 Å². The van der Waals surface area contributed by atoms with Crippen molar-refractivity contribution in [1.29, 1.82) is 0 Å². The number of benzene rings is 1. The molecule has 0 atom stereocenters. The normalized spacial score (nSPS) is 10.8. The van der Waals surface area contributed by atoms with Gasteiger partial charge in [-0.05, 0) is 59.4 Å². The zero-order valence-electron chi connectivity index (χ0n) is 10.1. The largest absolute Gasteiger partial charge is 0.385 e. The summed E-state index contributed by atoms with van der Waals surface area (Å²) in [5, 5.41) is 4.18. The molecule has 1 aromatic rings. The summed E-state index contributed by atoms with van der Waals surface area (Å²) in [6.45, 7) is 2.80. The zero-order chi connectivity index (χ0) is 12.5. The molecular weight excluding hydrogens is 302 g/mol. The van der Waals surface area contributed by atoms with E-state index in [2.05, 4.69) is 27.3 Å². The van der Waals surface area contributed by atoms with E-state index in [1.807, 2.05) is 12.1 Å². The maximum atomic E-state index is 5.93. The van der Waals surface area contributed by atoms with Crippen LogP contribution in [0.2, 0.25) is 5.02 Å². The number of halogens is 2. The minimum atomic E-state index is 0.758. The topological polar surface area (TPSA) is 21.3 Å². The van der Waals surface area contributed by atoms with E-state index in [0.717, 1.165) is 35.6 Å². The minimum Gasteiger partial charge on any atom is -0.385 e. The molecule has 1 aromatic carbocycles. The smallest absolute Gasteiger partial charge is 0.0548 e. The van der Waals surface area contributed by atoms with Gasteiger partial charge in [0.25, 0.3) is 0 Å². The molecule has 0 spiro atoms. The third kappa shape index (κ3) is 6.41. The van der Waals surface area contributed by atoms with E-state index in [-0.39, 0.29) is 0 Å². The molecule has 0 aromatic heterocycles. The van der Waals surface area contributed by atoms with Crippen molar-refractivity contribution < 1.29 is 4.74 Å². The molecule has 0 amide bonds. The van der Waals surface area contributed by atoms with Crippen molar-refractivity contribution in [3.63, 3.8) is 0 Å². The Labute approximate surface area is 117 Å². The van der Waals surface area contributed by atoms with Crippen molar-refractivity contribution in [2.45, 2.75) is 25.8 Å². The average Bonchev–Trinajstić information content (AvgIpc) is 2.32. The highest BCUT2D eigenvalue weighted by atomic mass is 79.9. The Morgan fingerprint density at radius 2 is 2.12 bits per heavy atom. The van der Waals surface area contributed by atoms with Crippen molar-refractivity contribution in [3.8, 4) is 0 Å². The van der Waals surface area contributed by atoms with Gasteiger partial charge in [0.1, 0.15) is 0 Å². The summed E-state index contributed by atoms with van der Waals surface area (Å²) >= 11 is 9.36. The molecule has 17 heavy (non-hydrogen) atoms. The Morgan fingerprint density at radius 3 is 2.82 bits per heavy atom. The first-order valence-corrected chi connectivity index (χ1v) is 7.04. The van der Waals surface area contributed by atoms with Gasteiger partial charge in [-0.3, -0.25) is 0 Å². The van der Waals surface area contributed by atoms with Gasteiger partial charge in [-0.1, -0.05) is 17.7 Å². The number of unbranched alkanes of at least 4 members (excludes halogenated alkanes) is 2. The van der Waals surface area contributed by atoms with Crippen molar-refractivity contribution in [3.05, 3.63) is 33.3 Å². The van der Waals surface area contributed by atoms with E-state index in [0.29, 0.717) is 0 Å². The molecule has 0 radical (unpaired) electrons. The van der Waals surface area contributed by atoms with Gasteiger partial charge in [-0.15, -0.1) is 0 Å². The standard InChI is InChI=1S/C13H19BrClNO/c1-17-8-4-2-3-7-16-10-11-5-6-13(15)12(14)9-11/h5-6,9,16H,2-4,7-8,10H2,1H3. The molecule has 0 aliphatic heterocycles. The third-order valence-corrected chi connectivity index (χ3v) is 3.73. The van der Waals surface area contributed by atoms with Crippen LogP contribution in [-0.4, -0.2) is 20.3 Å². The number of methoxy groups -OCH3 is 1. The molecular formula is C13H19BrClNO. The maximum absolute atomic E-state index is 5.93. The van der Waals surface area contributed by atoms with E-state index < -0.39 is 0 Å². The molecule has 0 heterocycles. The van der Waals surface area contributed by atoms with E-state index in [4.69, 9.17) is 16.3 Å². The molecule has 0 aliphatic rings. The van der Waals surface area contributed by atoms with Gasteiger partial charge in [-0.2, -0.15) is 0 Å². The summed E-state index contributed by atoms with van der Waals surface area (Å²) in [6.07, 6.45) is 3.55. The molecule has 2 nitrogen and oxygen atoms in total. The van der Waals surface area contributed by atoms with Crippen LogP contribution in [0.4, 0.5) is 0 Å². The summed E-state index contributed by atoms with van der Waals surface area (Å²) < 4.78 is 5.96. The molecule has 0 aliphatic carbocycles. The maximum Gasteiger partial charge on any atom is 0.0548 e. The lowest BCUT2D eigenvalue weighted by Crippen LogP contribution is -2.14. The summed E-state index contributed by atoms with van der Waals surface area (Å²) in [5.74, 6) is 0. The molecule has 4 heteroatoms. The molecule has 1 rings (SSSR count). The van der Waals surface area contributed by atoms with Crippen LogP contribution in [0.5, 0.6) is 0 Å². The van der Waals surface area contributed by atoms with Crippen molar-refractivity contribution in [1.82, 2.24) is 5.32 Å². The minimum absolute atomic E-state index is 0.758. The molecule has 0 bridgehead atoms. The first-order valence-electron chi connectivity index (χ1n) is 5.87. The van der Waals surface area contributed by atoms with Crippen LogP contribution in [0.3, 0.4) is 0 Å². The van der Waals surface area contributed by atoms with E-state index in [9.17, 15) is 0 Å². The highest BCUT2D eigenvalue weighted by Gasteiger charge is 1.98. The number of hydrogen-bond donors (Lipinski definition) is 1. The van der Waals surface area contributed by atoms with Crippen LogP contribution in [0.1, 0.15) is 24.8 Å². The summed E-state index contributed by atoms with van der Waals surface area (Å²) in [6, 6.07) is 6.02. The highest BCUT2D eigenvalue weighted by molar-refractivity contribution is 9.10. The van der Waals surface area contributed by atoms with Gasteiger partial charge < -0.3 is 10.1 Å². The van der Waals surface area contributed by atoms with Crippen molar-refractivity contribution >= 4 is 27.5 Å². The Kier molecular flexibility index (Phi) is 7.86. The summed E-state index contributed by atoms with van der Waals surface area (Å²) in [4.78, 5) is 0. The van der Waals surface area contributed by atoms with E-state index in [1.54, 1.807) is 7.11 Å². The third-order valence-electron chi connectivity index (χ3n) is 2.52. The fourth-order valence-corrected chi connectivity index (χ4v) is 2.10. The van der Waals surface area contributed by atoms with Crippen LogP contribution in [0.15, 0.2) is 22.7 Å². The molecule has 96 valence electrons. The second kappa shape index (κ2) is 8.92. The SMILES string of the molecule is COCCCCCNCc1ccc(Cl)c(Br)c1. The summed E-state index contributed by atoms with van der Waals surface area (Å²) in [7, 11) is 1.75. The molecule has 0 saturated heterocycles. The highest BCUT2D eigenvalue weighted by Crippen LogP contribution is 2.23. The lowest BCUT2D eigenvalue weighted by molar-refractivity contribution is 0.192. The Balaban J connectivity index is 2.11. The molecule has 0 saturated carbocycles. The van der Waals surface area contributed by atoms with Gasteiger partial charge in [0.15, 0.2) is 0 Å². The van der Waals surface area contributed by atoms with Gasteiger partial charge in [0.05, 0.1) is 5.02 Å². The Bertz CT molecular complexity index is 333. The van der Waals surface area contributed by atoms with Crippen molar-refractivity contribution in [2.24, 2.45) is 0 Å². The van der Waals surface area contributed by atoms with Gasteiger partial charge in [0, 0.05) is 24.7 Å². The predicted octanol–water partition coefficient (Wildman–Crippen LogP) is 4.01.